The molecule has 7 amide bonds. The van der Waals surface area contributed by atoms with Crippen molar-refractivity contribution < 1.29 is 53.1 Å². The summed E-state index contributed by atoms with van der Waals surface area (Å²) >= 11 is 0. The highest BCUT2D eigenvalue weighted by Gasteiger charge is 2.68. The zero-order chi connectivity index (χ0) is 49.5. The van der Waals surface area contributed by atoms with Crippen LogP contribution in [0.3, 0.4) is 0 Å². The third-order valence-electron chi connectivity index (χ3n) is 14.0. The minimum Gasteiger partial charge on any atom is -0.404 e. The Kier molecular flexibility index (Phi) is 17.4. The smallest absolute Gasteiger partial charge is 0.404 e. The number of amides is 7. The minimum atomic E-state index is -1.49. The zero-order valence-electron chi connectivity index (χ0n) is 40.4. The van der Waals surface area contributed by atoms with E-state index in [1.54, 1.807) is 31.2 Å². The Balaban J connectivity index is 1.04. The highest BCUT2D eigenvalue weighted by molar-refractivity contribution is 6.47. The molecule has 0 spiro atoms. The number of unbranched alkanes of at least 4 members (excludes halogenated alkanes) is 1. The molecule has 1 saturated heterocycles. The maximum absolute atomic E-state index is 13.4. The molecule has 4 aliphatic rings. The Hall–Kier alpha value is -5.37. The van der Waals surface area contributed by atoms with Gasteiger partial charge >= 0.3 is 7.12 Å². The summed E-state index contributed by atoms with van der Waals surface area (Å²) in [5.74, 6) is -4.71. The number of aryl methyl sites for hydroxylation is 1. The molecule has 67 heavy (non-hydrogen) atoms. The van der Waals surface area contributed by atoms with Gasteiger partial charge in [0.05, 0.1) is 36.9 Å². The van der Waals surface area contributed by atoms with Crippen molar-refractivity contribution in [3.05, 3.63) is 59.7 Å². The number of rotatable bonds is 21. The number of hydrogen-bond donors (Lipinski definition) is 8. The number of benzene rings is 2. The summed E-state index contributed by atoms with van der Waals surface area (Å²) in [6, 6.07) is 8.69. The molecule has 0 radical (unpaired) electrons. The maximum Gasteiger partial charge on any atom is 0.481 e. The van der Waals surface area contributed by atoms with Crippen LogP contribution < -0.4 is 31.9 Å². The van der Waals surface area contributed by atoms with E-state index in [1.165, 1.54) is 40.3 Å². The van der Waals surface area contributed by atoms with Gasteiger partial charge in [0.2, 0.25) is 35.4 Å². The standard InChI is InChI=1S/C48H70BN7O11/c1-11-12-13-31-14-16-32(17-15-31)33-18-20-34(21-19-33)44(63)55-36(25-57)45(64)52-26(2)41(60)50-24-39(59)56(10)40(29(5)58)46(65)53-27(3)42(61)51-28(4)43(62)54-30(6)49-66-38-23-35-22-37(47(35,7)8)48(38,9)67-49/h14-21,26-30,35-38,40,57-58H,11-13,22-25H2,1-10H3,(H,50,60)(H,51,61)(H,52,64)(H,53,65)(H,54,62)(H,55,63)/t26-,27+,28+,29-,30+,35+,36-,37+,38?,40+,48+/m1/s1. The van der Waals surface area contributed by atoms with E-state index in [-0.39, 0.29) is 17.1 Å². The number of nitrogens with zero attached hydrogens (tertiary/aromatic N) is 1. The molecule has 1 unspecified atom stereocenters. The Morgan fingerprint density at radius 2 is 1.31 bits per heavy atom. The molecule has 1 aliphatic heterocycles. The highest BCUT2D eigenvalue weighted by Crippen LogP contribution is 2.65. The summed E-state index contributed by atoms with van der Waals surface area (Å²) in [6.07, 6.45) is 3.74. The normalized spacial score (nSPS) is 23.3. The molecule has 2 aromatic rings. The largest absolute Gasteiger partial charge is 0.481 e. The van der Waals surface area contributed by atoms with Gasteiger partial charge in [-0.15, -0.1) is 0 Å². The summed E-state index contributed by atoms with van der Waals surface area (Å²) < 4.78 is 12.7. The monoisotopic (exact) mass is 932 g/mol. The molecule has 8 N–H and O–H groups in total. The number of nitrogens with one attached hydrogen (secondary N) is 6. The molecule has 366 valence electrons. The van der Waals surface area contributed by atoms with Crippen LogP contribution in [-0.4, -0.2) is 138 Å². The first kappa shape index (κ1) is 52.6. The maximum atomic E-state index is 13.4. The van der Waals surface area contributed by atoms with Crippen LogP contribution in [0.15, 0.2) is 48.5 Å². The lowest BCUT2D eigenvalue weighted by Gasteiger charge is -2.64. The molecule has 0 aromatic heterocycles. The predicted octanol–water partition coefficient (Wildman–Crippen LogP) is 1.40. The van der Waals surface area contributed by atoms with Crippen molar-refractivity contribution in [2.45, 2.75) is 148 Å². The second-order valence-corrected chi connectivity index (χ2v) is 19.3. The fraction of sp³-hybridized carbons (Fsp3) is 0.604. The third kappa shape index (κ3) is 12.2. The Labute approximate surface area is 394 Å². The van der Waals surface area contributed by atoms with Gasteiger partial charge in [-0.05, 0) is 113 Å². The van der Waals surface area contributed by atoms with Crippen molar-refractivity contribution in [2.75, 3.05) is 20.2 Å². The molecule has 3 aliphatic carbocycles. The van der Waals surface area contributed by atoms with Crippen molar-refractivity contribution in [1.82, 2.24) is 36.8 Å². The fourth-order valence-corrected chi connectivity index (χ4v) is 9.49. The van der Waals surface area contributed by atoms with E-state index in [0.717, 1.165) is 48.1 Å². The van der Waals surface area contributed by atoms with Crippen LogP contribution >= 0.6 is 0 Å². The summed E-state index contributed by atoms with van der Waals surface area (Å²) in [5.41, 5.74) is 3.10. The lowest BCUT2D eigenvalue weighted by atomic mass is 9.43. The summed E-state index contributed by atoms with van der Waals surface area (Å²) in [4.78, 5) is 92.6. The average Bonchev–Trinajstić information content (AvgIpc) is 3.66. The van der Waals surface area contributed by atoms with Crippen molar-refractivity contribution >= 4 is 48.5 Å². The predicted molar refractivity (Wildman–Crippen MR) is 251 cm³/mol. The Morgan fingerprint density at radius 3 is 1.88 bits per heavy atom. The molecule has 18 nitrogen and oxygen atoms in total. The number of likely N-dealkylation sites (N-methyl/N-ethyl adjacent to an activating group) is 1. The second-order valence-electron chi connectivity index (χ2n) is 19.3. The third-order valence-corrected chi connectivity index (χ3v) is 14.0. The summed E-state index contributed by atoms with van der Waals surface area (Å²) in [5, 5.41) is 35.6. The Morgan fingerprint density at radius 1 is 0.761 bits per heavy atom. The van der Waals surface area contributed by atoms with Gasteiger partial charge in [0.15, 0.2) is 0 Å². The van der Waals surface area contributed by atoms with Crippen LogP contribution in [0.5, 0.6) is 0 Å². The second kappa shape index (κ2) is 22.2. The van der Waals surface area contributed by atoms with E-state index in [4.69, 9.17) is 9.31 Å². The van der Waals surface area contributed by atoms with E-state index in [1.807, 2.05) is 12.1 Å². The van der Waals surface area contributed by atoms with Gasteiger partial charge in [0, 0.05) is 12.6 Å². The average molecular weight is 932 g/mol. The Bertz CT molecular complexity index is 2120. The quantitative estimate of drug-likeness (QED) is 0.0831. The first-order valence-electron chi connectivity index (χ1n) is 23.4. The van der Waals surface area contributed by atoms with Crippen LogP contribution in [0, 0.1) is 17.3 Å². The highest BCUT2D eigenvalue weighted by atomic mass is 16.7. The molecule has 2 bridgehead atoms. The van der Waals surface area contributed by atoms with Gasteiger partial charge in [0.1, 0.15) is 30.2 Å². The van der Waals surface area contributed by atoms with Crippen LogP contribution in [0.4, 0.5) is 0 Å². The zero-order valence-corrected chi connectivity index (χ0v) is 40.4. The van der Waals surface area contributed by atoms with E-state index in [9.17, 15) is 43.8 Å². The van der Waals surface area contributed by atoms with Gasteiger partial charge in [-0.1, -0.05) is 63.6 Å². The molecule has 1 heterocycles. The van der Waals surface area contributed by atoms with Gasteiger partial charge in [-0.2, -0.15) is 0 Å². The number of aliphatic hydroxyl groups excluding tert-OH is 2. The molecule has 2 aromatic carbocycles. The summed E-state index contributed by atoms with van der Waals surface area (Å²) in [7, 11) is 0.579. The van der Waals surface area contributed by atoms with Crippen molar-refractivity contribution in [2.24, 2.45) is 17.3 Å². The van der Waals surface area contributed by atoms with Gasteiger partial charge in [-0.25, -0.2) is 0 Å². The van der Waals surface area contributed by atoms with E-state index < -0.39 is 109 Å². The van der Waals surface area contributed by atoms with Gasteiger partial charge in [-0.3, -0.25) is 33.6 Å². The van der Waals surface area contributed by atoms with Crippen LogP contribution in [0.1, 0.15) is 104 Å². The van der Waals surface area contributed by atoms with Crippen molar-refractivity contribution in [3.8, 4) is 11.1 Å². The minimum absolute atomic E-state index is 0.0629. The number of aliphatic hydroxyl groups is 2. The topological polar surface area (TPSA) is 254 Å². The fourth-order valence-electron chi connectivity index (χ4n) is 9.49. The van der Waals surface area contributed by atoms with Gasteiger partial charge < -0.3 is 56.3 Å². The molecule has 11 atom stereocenters. The molecule has 3 saturated carbocycles. The first-order chi connectivity index (χ1) is 31.5. The lowest BCUT2D eigenvalue weighted by Crippen LogP contribution is -2.65. The van der Waals surface area contributed by atoms with E-state index >= 15 is 0 Å². The first-order valence-corrected chi connectivity index (χ1v) is 23.4. The van der Waals surface area contributed by atoms with Crippen LogP contribution in [0.25, 0.3) is 11.1 Å². The van der Waals surface area contributed by atoms with Crippen molar-refractivity contribution in [1.29, 1.82) is 0 Å². The van der Waals surface area contributed by atoms with Gasteiger partial charge in [0.25, 0.3) is 5.91 Å². The number of carbonyl (C=O) groups excluding carboxylic acids is 7. The van der Waals surface area contributed by atoms with Crippen LogP contribution in [0.2, 0.25) is 0 Å². The molecule has 19 heteroatoms. The molecule has 6 rings (SSSR count). The van der Waals surface area contributed by atoms with Crippen LogP contribution in [-0.2, 0) is 44.5 Å². The number of hydrogen-bond acceptors (Lipinski definition) is 11. The lowest BCUT2D eigenvalue weighted by molar-refractivity contribution is -0.199. The molecular formula is C48H70BN7O11. The van der Waals surface area contributed by atoms with E-state index in [0.29, 0.717) is 11.8 Å². The summed E-state index contributed by atoms with van der Waals surface area (Å²) in [6.45, 7) is 14.6. The van der Waals surface area contributed by atoms with Crippen molar-refractivity contribution in [3.63, 3.8) is 0 Å². The molecular weight excluding hydrogens is 861 g/mol. The van der Waals surface area contributed by atoms with E-state index in [2.05, 4.69) is 71.7 Å². The SMILES string of the molecule is CCCCc1ccc(-c2ccc(C(=O)N[C@H](CO)C(=O)N[C@H](C)C(=O)NCC(=O)N(C)[C@H](C(=O)N[C@@H](C)C(=O)N[C@@H](C)C(=O)N[C@@H](C)B3OC4C[C@@H]5C[C@@H](C5(C)C)[C@]4(C)O3)[C@@H](C)O)cc2)cc1. The molecule has 4 fully saturated rings. The number of carbonyl (C=O) groups is 7.